The maximum absolute atomic E-state index is 12.5. The van der Waals surface area contributed by atoms with E-state index in [0.717, 1.165) is 11.3 Å². The van der Waals surface area contributed by atoms with Gasteiger partial charge in [0.25, 0.3) is 11.6 Å². The Morgan fingerprint density at radius 2 is 1.61 bits per heavy atom. The molecule has 182 valence electrons. The number of rotatable bonds is 8. The molecule has 0 fully saturated rings. The van der Waals surface area contributed by atoms with Gasteiger partial charge in [0.2, 0.25) is 0 Å². The lowest BCUT2D eigenvalue weighted by atomic mass is 10.1. The molecule has 0 radical (unpaired) electrons. The SMILES string of the molecule is C/C(=N\NC(=O)CSc1nnc(-c2ccc(Cl)cc2)n1-c1ccc(Cl)cc1)c1ccc([N+](=O)[O-])cc1. The number of halogens is 2. The summed E-state index contributed by atoms with van der Waals surface area (Å²) in [6.07, 6.45) is 0. The van der Waals surface area contributed by atoms with Gasteiger partial charge in [0.05, 0.1) is 16.4 Å². The van der Waals surface area contributed by atoms with Crippen molar-refractivity contribution >= 4 is 52.3 Å². The van der Waals surface area contributed by atoms with Gasteiger partial charge in [0.1, 0.15) is 0 Å². The second-order valence-electron chi connectivity index (χ2n) is 7.45. The number of non-ortho nitro benzene ring substituents is 1. The van der Waals surface area contributed by atoms with Crippen LogP contribution in [0, 0.1) is 10.1 Å². The summed E-state index contributed by atoms with van der Waals surface area (Å²) in [4.78, 5) is 22.8. The fraction of sp³-hybridized carbons (Fsp3) is 0.0833. The van der Waals surface area contributed by atoms with Gasteiger partial charge in [-0.1, -0.05) is 35.0 Å². The Balaban J connectivity index is 1.50. The van der Waals surface area contributed by atoms with Crippen molar-refractivity contribution < 1.29 is 9.72 Å². The minimum absolute atomic E-state index is 0.0187. The summed E-state index contributed by atoms with van der Waals surface area (Å²) in [5, 5.41) is 25.2. The Morgan fingerprint density at radius 3 is 2.22 bits per heavy atom. The highest BCUT2D eigenvalue weighted by atomic mass is 35.5. The fourth-order valence-corrected chi connectivity index (χ4v) is 4.17. The van der Waals surface area contributed by atoms with E-state index in [1.54, 1.807) is 43.3 Å². The second-order valence-corrected chi connectivity index (χ2v) is 9.27. The molecule has 0 atom stereocenters. The number of nitrogens with one attached hydrogen (secondary N) is 1. The summed E-state index contributed by atoms with van der Waals surface area (Å²) in [7, 11) is 0. The molecule has 1 aromatic heterocycles. The number of hydrogen-bond donors (Lipinski definition) is 1. The van der Waals surface area contributed by atoms with Crippen molar-refractivity contribution in [1.29, 1.82) is 0 Å². The van der Waals surface area contributed by atoms with Gasteiger partial charge < -0.3 is 0 Å². The molecular weight excluding hydrogens is 523 g/mol. The van der Waals surface area contributed by atoms with Crippen LogP contribution in [-0.4, -0.2) is 37.1 Å². The third kappa shape index (κ3) is 6.09. The maximum atomic E-state index is 12.5. The zero-order valence-corrected chi connectivity index (χ0v) is 21.1. The molecule has 1 heterocycles. The van der Waals surface area contributed by atoms with Crippen molar-refractivity contribution in [2.24, 2.45) is 5.10 Å². The molecule has 0 unspecified atom stereocenters. The molecule has 0 bridgehead atoms. The summed E-state index contributed by atoms with van der Waals surface area (Å²) in [5.74, 6) is 0.271. The van der Waals surface area contributed by atoms with E-state index in [2.05, 4.69) is 20.7 Å². The van der Waals surface area contributed by atoms with E-state index in [1.165, 1.54) is 23.9 Å². The average molecular weight is 541 g/mol. The molecule has 12 heteroatoms. The molecule has 0 aliphatic heterocycles. The van der Waals surface area contributed by atoms with Gasteiger partial charge in [0.15, 0.2) is 11.0 Å². The highest BCUT2D eigenvalue weighted by Gasteiger charge is 2.17. The number of carbonyl (C=O) groups is 1. The van der Waals surface area contributed by atoms with Crippen LogP contribution in [0.15, 0.2) is 83.1 Å². The number of thioether (sulfide) groups is 1. The lowest BCUT2D eigenvalue weighted by Gasteiger charge is -2.10. The average Bonchev–Trinajstić information content (AvgIpc) is 3.31. The van der Waals surface area contributed by atoms with Gasteiger partial charge in [-0.2, -0.15) is 5.10 Å². The molecule has 0 saturated carbocycles. The number of hydrazone groups is 1. The van der Waals surface area contributed by atoms with Crippen molar-refractivity contribution in [3.8, 4) is 17.1 Å². The Labute approximate surface area is 220 Å². The monoisotopic (exact) mass is 540 g/mol. The van der Waals surface area contributed by atoms with Crippen LogP contribution in [0.3, 0.4) is 0 Å². The van der Waals surface area contributed by atoms with Gasteiger partial charge in [-0.05, 0) is 73.2 Å². The molecule has 0 aliphatic rings. The number of nitro benzene ring substituents is 1. The molecule has 4 rings (SSSR count). The normalized spacial score (nSPS) is 11.4. The van der Waals surface area contributed by atoms with E-state index in [0.29, 0.717) is 32.3 Å². The number of hydrogen-bond acceptors (Lipinski definition) is 7. The summed E-state index contributed by atoms with van der Waals surface area (Å²) in [5.41, 5.74) is 5.24. The van der Waals surface area contributed by atoms with Crippen molar-refractivity contribution in [2.75, 3.05) is 5.75 Å². The Morgan fingerprint density at radius 1 is 1.00 bits per heavy atom. The number of nitro groups is 1. The number of amides is 1. The minimum Gasteiger partial charge on any atom is -0.272 e. The van der Waals surface area contributed by atoms with E-state index in [1.807, 2.05) is 28.8 Å². The van der Waals surface area contributed by atoms with E-state index in [-0.39, 0.29) is 17.3 Å². The van der Waals surface area contributed by atoms with E-state index >= 15 is 0 Å². The lowest BCUT2D eigenvalue weighted by Crippen LogP contribution is -2.21. The van der Waals surface area contributed by atoms with Crippen LogP contribution in [0.1, 0.15) is 12.5 Å². The zero-order chi connectivity index (χ0) is 25.7. The molecule has 3 aromatic carbocycles. The van der Waals surface area contributed by atoms with Crippen LogP contribution < -0.4 is 5.43 Å². The first-order valence-electron chi connectivity index (χ1n) is 10.5. The standard InChI is InChI=1S/C24H18Cl2N6O3S/c1-15(16-4-10-21(11-5-16)32(34)35)27-28-22(33)14-36-24-30-29-23(17-2-6-18(25)7-3-17)31(24)20-12-8-19(26)9-13-20/h2-13H,14H2,1H3,(H,28,33)/b27-15+. The molecule has 9 nitrogen and oxygen atoms in total. The predicted molar refractivity (Wildman–Crippen MR) is 141 cm³/mol. The zero-order valence-electron chi connectivity index (χ0n) is 18.8. The van der Waals surface area contributed by atoms with E-state index in [9.17, 15) is 14.9 Å². The number of benzene rings is 3. The first kappa shape index (κ1) is 25.4. The van der Waals surface area contributed by atoms with Crippen LogP contribution in [0.5, 0.6) is 0 Å². The van der Waals surface area contributed by atoms with Crippen molar-refractivity contribution in [1.82, 2.24) is 20.2 Å². The predicted octanol–water partition coefficient (Wildman–Crippen LogP) is 5.78. The van der Waals surface area contributed by atoms with Crippen molar-refractivity contribution in [3.63, 3.8) is 0 Å². The summed E-state index contributed by atoms with van der Waals surface area (Å²) in [6, 6.07) is 20.3. The maximum Gasteiger partial charge on any atom is 0.269 e. The molecule has 0 spiro atoms. The quantitative estimate of drug-likeness (QED) is 0.131. The second kappa shape index (κ2) is 11.3. The van der Waals surface area contributed by atoms with Gasteiger partial charge >= 0.3 is 0 Å². The molecule has 1 amide bonds. The smallest absolute Gasteiger partial charge is 0.269 e. The van der Waals surface area contributed by atoms with Crippen molar-refractivity contribution in [3.05, 3.63) is 98.5 Å². The minimum atomic E-state index is -0.476. The topological polar surface area (TPSA) is 115 Å². The van der Waals surface area contributed by atoms with Gasteiger partial charge in [-0.15, -0.1) is 10.2 Å². The van der Waals surface area contributed by atoms with Gasteiger partial charge in [0, 0.05) is 33.4 Å². The molecular formula is C24H18Cl2N6O3S. The van der Waals surface area contributed by atoms with Crippen LogP contribution in [-0.2, 0) is 4.79 Å². The summed E-state index contributed by atoms with van der Waals surface area (Å²) in [6.45, 7) is 1.70. The van der Waals surface area contributed by atoms with Crippen molar-refractivity contribution in [2.45, 2.75) is 12.1 Å². The third-order valence-corrected chi connectivity index (χ3v) is 6.43. The molecule has 4 aromatic rings. The van der Waals surface area contributed by atoms with Gasteiger partial charge in [-0.3, -0.25) is 19.5 Å². The third-order valence-electron chi connectivity index (χ3n) is 5.00. The van der Waals surface area contributed by atoms with Crippen LogP contribution in [0.4, 0.5) is 5.69 Å². The Bertz CT molecular complexity index is 1420. The van der Waals surface area contributed by atoms with E-state index < -0.39 is 4.92 Å². The van der Waals surface area contributed by atoms with Crippen LogP contribution in [0.25, 0.3) is 17.1 Å². The number of nitrogens with zero attached hydrogens (tertiary/aromatic N) is 5. The number of carbonyl (C=O) groups excluding carboxylic acids is 1. The highest BCUT2D eigenvalue weighted by Crippen LogP contribution is 2.29. The molecule has 0 saturated heterocycles. The Kier molecular flexibility index (Phi) is 7.99. The first-order valence-corrected chi connectivity index (χ1v) is 12.2. The highest BCUT2D eigenvalue weighted by molar-refractivity contribution is 7.99. The van der Waals surface area contributed by atoms with Crippen LogP contribution in [0.2, 0.25) is 10.0 Å². The molecule has 0 aliphatic carbocycles. The molecule has 36 heavy (non-hydrogen) atoms. The largest absolute Gasteiger partial charge is 0.272 e. The van der Waals surface area contributed by atoms with E-state index in [4.69, 9.17) is 23.2 Å². The van der Waals surface area contributed by atoms with Gasteiger partial charge in [-0.25, -0.2) is 5.43 Å². The van der Waals surface area contributed by atoms with Crippen LogP contribution >= 0.6 is 35.0 Å². The fourth-order valence-electron chi connectivity index (χ4n) is 3.17. The summed E-state index contributed by atoms with van der Waals surface area (Å²) >= 11 is 13.3. The first-order chi connectivity index (χ1) is 17.3. The lowest BCUT2D eigenvalue weighted by molar-refractivity contribution is -0.384. The Hall–Kier alpha value is -3.73. The summed E-state index contributed by atoms with van der Waals surface area (Å²) < 4.78 is 1.84. The molecule has 1 N–H and O–H groups in total. The number of aromatic nitrogens is 3.